The van der Waals surface area contributed by atoms with E-state index in [0.717, 1.165) is 24.3 Å². The number of hydrogen-bond acceptors (Lipinski definition) is 2. The van der Waals surface area contributed by atoms with E-state index in [9.17, 15) is 4.79 Å². The molecule has 0 spiro atoms. The van der Waals surface area contributed by atoms with Crippen molar-refractivity contribution in [2.45, 2.75) is 45.1 Å². The second kappa shape index (κ2) is 5.62. The predicted molar refractivity (Wildman–Crippen MR) is 91.9 cm³/mol. The highest BCUT2D eigenvalue weighted by Gasteiger charge is 2.50. The minimum absolute atomic E-state index is 0.337. The number of carbonyl (C=O) groups excluding carboxylic acids is 1. The summed E-state index contributed by atoms with van der Waals surface area (Å²) in [6.45, 7) is 2.11. The molecule has 3 heteroatoms. The van der Waals surface area contributed by atoms with E-state index in [4.69, 9.17) is 5.73 Å². The number of hydrogen-bond donors (Lipinski definition) is 1. The summed E-state index contributed by atoms with van der Waals surface area (Å²) >= 11 is 0. The molecule has 0 atom stereocenters. The normalized spacial score (nSPS) is 35.0. The Hall–Kier alpha value is -1.35. The number of rotatable bonds is 5. The van der Waals surface area contributed by atoms with E-state index >= 15 is 0 Å². The smallest absolute Gasteiger partial charge is 0.248 e. The zero-order chi connectivity index (χ0) is 16.0. The van der Waals surface area contributed by atoms with Gasteiger partial charge in [0.1, 0.15) is 0 Å². The largest absolute Gasteiger partial charge is 0.366 e. The Balaban J connectivity index is 1.43. The highest BCUT2D eigenvalue weighted by atomic mass is 16.1. The van der Waals surface area contributed by atoms with Crippen molar-refractivity contribution < 1.29 is 4.79 Å². The predicted octanol–water partition coefficient (Wildman–Crippen LogP) is 3.43. The Bertz CT molecular complexity index is 574. The number of primary amides is 1. The molecule has 0 radical (unpaired) electrons. The zero-order valence-electron chi connectivity index (χ0n) is 14.1. The molecule has 1 aromatic rings. The summed E-state index contributed by atoms with van der Waals surface area (Å²) < 4.78 is 0. The Morgan fingerprint density at radius 2 is 1.78 bits per heavy atom. The molecule has 2 N–H and O–H groups in total. The fourth-order valence-electron chi connectivity index (χ4n) is 6.25. The molecule has 4 fully saturated rings. The standard InChI is InChI=1S/C20H28N2O/c1-22(12-14-3-2-4-18(8-14)19(21)23)13-20-9-15-5-16(10-20)7-17(6-15)11-20/h2-4,8,15-17H,5-7,9-13H2,1H3,(H2,21,23). The molecule has 0 aliphatic heterocycles. The van der Waals surface area contributed by atoms with Crippen LogP contribution in [0.15, 0.2) is 24.3 Å². The van der Waals surface area contributed by atoms with Crippen molar-refractivity contribution in [3.05, 3.63) is 35.4 Å². The van der Waals surface area contributed by atoms with E-state index < -0.39 is 0 Å². The zero-order valence-corrected chi connectivity index (χ0v) is 14.1. The number of carbonyl (C=O) groups is 1. The molecule has 4 saturated carbocycles. The van der Waals surface area contributed by atoms with Gasteiger partial charge in [-0.05, 0) is 86.4 Å². The summed E-state index contributed by atoms with van der Waals surface area (Å²) in [7, 11) is 2.23. The van der Waals surface area contributed by atoms with Crippen LogP contribution < -0.4 is 5.73 Å². The fraction of sp³-hybridized carbons (Fsp3) is 0.650. The van der Waals surface area contributed by atoms with E-state index in [1.54, 1.807) is 6.07 Å². The lowest BCUT2D eigenvalue weighted by Gasteiger charge is -2.57. The summed E-state index contributed by atoms with van der Waals surface area (Å²) in [6.07, 6.45) is 8.86. The third-order valence-electron chi connectivity index (χ3n) is 6.43. The maximum Gasteiger partial charge on any atom is 0.248 e. The van der Waals surface area contributed by atoms with Crippen molar-refractivity contribution in [1.29, 1.82) is 0 Å². The molecule has 4 aliphatic carbocycles. The van der Waals surface area contributed by atoms with Gasteiger partial charge in [-0.2, -0.15) is 0 Å². The lowest BCUT2D eigenvalue weighted by molar-refractivity contribution is -0.0670. The quantitative estimate of drug-likeness (QED) is 0.905. The van der Waals surface area contributed by atoms with E-state index in [-0.39, 0.29) is 5.91 Å². The van der Waals surface area contributed by atoms with Gasteiger partial charge in [0.05, 0.1) is 0 Å². The monoisotopic (exact) mass is 312 g/mol. The van der Waals surface area contributed by atoms with Crippen molar-refractivity contribution >= 4 is 5.91 Å². The van der Waals surface area contributed by atoms with Crippen LogP contribution in [-0.2, 0) is 6.54 Å². The van der Waals surface area contributed by atoms with Crippen LogP contribution in [0.2, 0.25) is 0 Å². The highest BCUT2D eigenvalue weighted by molar-refractivity contribution is 5.92. The van der Waals surface area contributed by atoms with Crippen molar-refractivity contribution in [3.63, 3.8) is 0 Å². The van der Waals surface area contributed by atoms with Crippen molar-refractivity contribution in [3.8, 4) is 0 Å². The van der Waals surface area contributed by atoms with Crippen LogP contribution in [0.25, 0.3) is 0 Å². The second-order valence-corrected chi connectivity index (χ2v) is 8.65. The first kappa shape index (κ1) is 15.2. The van der Waals surface area contributed by atoms with Crippen molar-refractivity contribution in [1.82, 2.24) is 4.90 Å². The van der Waals surface area contributed by atoms with Crippen LogP contribution in [0.1, 0.15) is 54.4 Å². The molecule has 0 unspecified atom stereocenters. The maximum absolute atomic E-state index is 11.3. The lowest BCUT2D eigenvalue weighted by Crippen LogP contribution is -2.50. The van der Waals surface area contributed by atoms with Crippen LogP contribution in [0.4, 0.5) is 0 Å². The minimum Gasteiger partial charge on any atom is -0.366 e. The van der Waals surface area contributed by atoms with Gasteiger partial charge in [-0.1, -0.05) is 12.1 Å². The highest BCUT2D eigenvalue weighted by Crippen LogP contribution is 2.60. The third kappa shape index (κ3) is 3.03. The molecular formula is C20H28N2O. The summed E-state index contributed by atoms with van der Waals surface area (Å²) in [6, 6.07) is 7.78. The molecule has 0 saturated heterocycles. The number of nitrogens with zero attached hydrogens (tertiary/aromatic N) is 1. The first-order chi connectivity index (χ1) is 11.0. The van der Waals surface area contributed by atoms with Gasteiger partial charge in [0.2, 0.25) is 5.91 Å². The first-order valence-electron chi connectivity index (χ1n) is 9.09. The Kier molecular flexibility index (Phi) is 3.72. The number of nitrogens with two attached hydrogens (primary N) is 1. The minimum atomic E-state index is -0.337. The number of benzene rings is 1. The van der Waals surface area contributed by atoms with E-state index in [0.29, 0.717) is 11.0 Å². The van der Waals surface area contributed by atoms with E-state index in [2.05, 4.69) is 18.0 Å². The molecular weight excluding hydrogens is 284 g/mol. The van der Waals surface area contributed by atoms with E-state index in [1.165, 1.54) is 50.6 Å². The fourth-order valence-corrected chi connectivity index (χ4v) is 6.25. The summed E-state index contributed by atoms with van der Waals surface area (Å²) in [5, 5.41) is 0. The van der Waals surface area contributed by atoms with Crippen LogP contribution in [0.3, 0.4) is 0 Å². The van der Waals surface area contributed by atoms with Gasteiger partial charge in [-0.25, -0.2) is 0 Å². The van der Waals surface area contributed by atoms with Gasteiger partial charge >= 0.3 is 0 Å². The molecule has 4 aliphatic rings. The Morgan fingerprint density at radius 3 is 2.35 bits per heavy atom. The van der Waals surface area contributed by atoms with Crippen LogP contribution >= 0.6 is 0 Å². The van der Waals surface area contributed by atoms with Gasteiger partial charge in [0.25, 0.3) is 0 Å². The average Bonchev–Trinajstić information content (AvgIpc) is 2.45. The van der Waals surface area contributed by atoms with Crippen LogP contribution in [0.5, 0.6) is 0 Å². The third-order valence-corrected chi connectivity index (χ3v) is 6.43. The molecule has 4 bridgehead atoms. The molecule has 124 valence electrons. The summed E-state index contributed by atoms with van der Waals surface area (Å²) in [5.74, 6) is 2.68. The average molecular weight is 312 g/mol. The first-order valence-corrected chi connectivity index (χ1v) is 9.09. The Labute approximate surface area is 139 Å². The van der Waals surface area contributed by atoms with Gasteiger partial charge in [0.15, 0.2) is 0 Å². The summed E-state index contributed by atoms with van der Waals surface area (Å²) in [5.41, 5.74) is 7.77. The lowest BCUT2D eigenvalue weighted by atomic mass is 9.49. The van der Waals surface area contributed by atoms with Gasteiger partial charge in [-0.15, -0.1) is 0 Å². The van der Waals surface area contributed by atoms with Crippen LogP contribution in [0, 0.1) is 23.2 Å². The molecule has 23 heavy (non-hydrogen) atoms. The second-order valence-electron chi connectivity index (χ2n) is 8.65. The van der Waals surface area contributed by atoms with Gasteiger partial charge in [0, 0.05) is 18.7 Å². The molecule has 1 amide bonds. The van der Waals surface area contributed by atoms with Crippen molar-refractivity contribution in [2.24, 2.45) is 28.9 Å². The van der Waals surface area contributed by atoms with E-state index in [1.807, 2.05) is 12.1 Å². The van der Waals surface area contributed by atoms with Crippen LogP contribution in [-0.4, -0.2) is 24.4 Å². The van der Waals surface area contributed by atoms with Gasteiger partial charge < -0.3 is 10.6 Å². The van der Waals surface area contributed by atoms with Gasteiger partial charge in [-0.3, -0.25) is 4.79 Å². The summed E-state index contributed by atoms with van der Waals surface area (Å²) in [4.78, 5) is 13.8. The number of amides is 1. The maximum atomic E-state index is 11.3. The SMILES string of the molecule is CN(Cc1cccc(C(N)=O)c1)CC12CC3CC(CC(C3)C1)C2. The topological polar surface area (TPSA) is 46.3 Å². The molecule has 0 heterocycles. The molecule has 5 rings (SSSR count). The molecule has 3 nitrogen and oxygen atoms in total. The molecule has 1 aromatic carbocycles. The molecule has 0 aromatic heterocycles. The Morgan fingerprint density at radius 1 is 1.17 bits per heavy atom. The van der Waals surface area contributed by atoms with Crippen molar-refractivity contribution in [2.75, 3.05) is 13.6 Å².